The molecule has 0 fully saturated rings. The van der Waals surface area contributed by atoms with Gasteiger partial charge >= 0.3 is 5.97 Å². The first-order valence-electron chi connectivity index (χ1n) is 7.77. The number of nitrogens with one attached hydrogen (secondary N) is 1. The lowest BCUT2D eigenvalue weighted by Gasteiger charge is -2.06. The van der Waals surface area contributed by atoms with Crippen molar-refractivity contribution < 1.29 is 14.3 Å². The second-order valence-electron chi connectivity index (χ2n) is 5.45. The summed E-state index contributed by atoms with van der Waals surface area (Å²) < 4.78 is 4.65. The molecule has 0 aromatic heterocycles. The third kappa shape index (κ3) is 5.70. The van der Waals surface area contributed by atoms with Crippen molar-refractivity contribution in [2.45, 2.75) is 25.8 Å². The quantitative estimate of drug-likeness (QED) is 0.777. The lowest BCUT2D eigenvalue weighted by molar-refractivity contribution is -0.121. The molecule has 0 aliphatic rings. The van der Waals surface area contributed by atoms with Crippen LogP contribution in [0.2, 0.25) is 5.02 Å². The van der Waals surface area contributed by atoms with Crippen LogP contribution in [0.25, 0.3) is 0 Å². The van der Waals surface area contributed by atoms with E-state index in [0.29, 0.717) is 18.5 Å². The number of methoxy groups -OCH3 is 1. The summed E-state index contributed by atoms with van der Waals surface area (Å²) >= 11 is 5.84. The summed E-state index contributed by atoms with van der Waals surface area (Å²) in [4.78, 5) is 23.2. The van der Waals surface area contributed by atoms with Crippen LogP contribution in [0.3, 0.4) is 0 Å². The van der Waals surface area contributed by atoms with Gasteiger partial charge in [-0.3, -0.25) is 4.79 Å². The van der Waals surface area contributed by atoms with Gasteiger partial charge in [0, 0.05) is 18.0 Å². The average molecular weight is 346 g/mol. The van der Waals surface area contributed by atoms with E-state index in [1.807, 2.05) is 24.3 Å². The summed E-state index contributed by atoms with van der Waals surface area (Å²) in [5.74, 6) is -0.353. The minimum Gasteiger partial charge on any atom is -0.465 e. The smallest absolute Gasteiger partial charge is 0.337 e. The summed E-state index contributed by atoms with van der Waals surface area (Å²) in [6, 6.07) is 14.7. The highest BCUT2D eigenvalue weighted by molar-refractivity contribution is 6.30. The number of amides is 1. The van der Waals surface area contributed by atoms with Crippen LogP contribution < -0.4 is 5.32 Å². The minimum absolute atomic E-state index is 0.0148. The lowest BCUT2D eigenvalue weighted by Crippen LogP contribution is -2.22. The highest BCUT2D eigenvalue weighted by Crippen LogP contribution is 2.11. The van der Waals surface area contributed by atoms with E-state index in [4.69, 9.17) is 11.6 Å². The highest BCUT2D eigenvalue weighted by Gasteiger charge is 2.05. The molecule has 2 aromatic rings. The van der Waals surface area contributed by atoms with Crippen molar-refractivity contribution >= 4 is 23.5 Å². The summed E-state index contributed by atoms with van der Waals surface area (Å²) in [6.07, 6.45) is 2.11. The minimum atomic E-state index is -0.368. The van der Waals surface area contributed by atoms with Crippen LogP contribution in [-0.4, -0.2) is 19.0 Å². The molecule has 0 spiro atoms. The van der Waals surface area contributed by atoms with E-state index in [9.17, 15) is 9.59 Å². The number of rotatable bonds is 7. The molecule has 0 atom stereocenters. The average Bonchev–Trinajstić information content (AvgIpc) is 2.61. The summed E-state index contributed by atoms with van der Waals surface area (Å²) in [5.41, 5.74) is 2.61. The van der Waals surface area contributed by atoms with Crippen LogP contribution in [0.5, 0.6) is 0 Å². The molecule has 24 heavy (non-hydrogen) atoms. The Morgan fingerprint density at radius 2 is 1.62 bits per heavy atom. The van der Waals surface area contributed by atoms with Crippen LogP contribution in [0.15, 0.2) is 48.5 Å². The van der Waals surface area contributed by atoms with Gasteiger partial charge < -0.3 is 10.1 Å². The molecule has 1 N–H and O–H groups in total. The number of esters is 1. The number of ether oxygens (including phenoxy) is 1. The van der Waals surface area contributed by atoms with E-state index in [1.165, 1.54) is 12.7 Å². The van der Waals surface area contributed by atoms with Gasteiger partial charge in [-0.2, -0.15) is 0 Å². The summed E-state index contributed by atoms with van der Waals surface area (Å²) in [5, 5.41) is 3.60. The molecule has 126 valence electrons. The van der Waals surface area contributed by atoms with E-state index < -0.39 is 0 Å². The Hall–Kier alpha value is -2.33. The van der Waals surface area contributed by atoms with Crippen LogP contribution >= 0.6 is 11.6 Å². The normalized spacial score (nSPS) is 10.2. The fourth-order valence-electron chi connectivity index (χ4n) is 2.27. The van der Waals surface area contributed by atoms with Crippen LogP contribution in [0.1, 0.15) is 34.3 Å². The van der Waals surface area contributed by atoms with Crippen molar-refractivity contribution in [2.75, 3.05) is 7.11 Å². The van der Waals surface area contributed by atoms with Gasteiger partial charge in [-0.1, -0.05) is 35.9 Å². The first kappa shape index (κ1) is 18.0. The fraction of sp³-hybridized carbons (Fsp3) is 0.263. The Morgan fingerprint density at radius 3 is 2.25 bits per heavy atom. The van der Waals surface area contributed by atoms with Crippen molar-refractivity contribution in [2.24, 2.45) is 0 Å². The predicted octanol–water partition coefficient (Wildman–Crippen LogP) is 3.77. The number of hydrogen-bond donors (Lipinski definition) is 1. The second-order valence-corrected chi connectivity index (χ2v) is 5.88. The van der Waals surface area contributed by atoms with Crippen LogP contribution in [0, 0.1) is 0 Å². The Labute approximate surface area is 146 Å². The largest absolute Gasteiger partial charge is 0.465 e. The van der Waals surface area contributed by atoms with Crippen LogP contribution in [0.4, 0.5) is 0 Å². The van der Waals surface area contributed by atoms with Gasteiger partial charge in [0.25, 0.3) is 0 Å². The van der Waals surface area contributed by atoms with Crippen LogP contribution in [-0.2, 0) is 22.5 Å². The zero-order chi connectivity index (χ0) is 17.4. The zero-order valence-corrected chi connectivity index (χ0v) is 14.3. The number of aryl methyl sites for hydroxylation is 1. The number of halogens is 1. The van der Waals surface area contributed by atoms with Gasteiger partial charge in [0.15, 0.2) is 0 Å². The molecule has 0 bridgehead atoms. The Kier molecular flexibility index (Phi) is 6.82. The highest BCUT2D eigenvalue weighted by atomic mass is 35.5. The molecular formula is C19H20ClNO3. The number of carbonyl (C=O) groups is 2. The molecule has 0 aliphatic carbocycles. The van der Waals surface area contributed by atoms with Gasteiger partial charge in [-0.05, 0) is 48.2 Å². The Bertz CT molecular complexity index is 681. The molecule has 2 rings (SSSR count). The standard InChI is InChI=1S/C19H20ClNO3/c1-24-19(23)16-9-5-15(6-10-16)13-21-18(22)4-2-3-14-7-11-17(20)12-8-14/h5-12H,2-4,13H2,1H3,(H,21,22). The predicted molar refractivity (Wildman–Crippen MR) is 94.0 cm³/mol. The summed E-state index contributed by atoms with van der Waals surface area (Å²) in [7, 11) is 1.35. The lowest BCUT2D eigenvalue weighted by atomic mass is 10.1. The summed E-state index contributed by atoms with van der Waals surface area (Å²) in [6.45, 7) is 0.446. The van der Waals surface area contributed by atoms with E-state index in [-0.39, 0.29) is 11.9 Å². The van der Waals surface area contributed by atoms with Crippen molar-refractivity contribution in [3.63, 3.8) is 0 Å². The molecule has 4 nitrogen and oxygen atoms in total. The maximum Gasteiger partial charge on any atom is 0.337 e. The topological polar surface area (TPSA) is 55.4 Å². The van der Waals surface area contributed by atoms with Gasteiger partial charge in [-0.25, -0.2) is 4.79 Å². The van der Waals surface area contributed by atoms with Crippen molar-refractivity contribution in [3.8, 4) is 0 Å². The Morgan fingerprint density at radius 1 is 1.00 bits per heavy atom. The van der Waals surface area contributed by atoms with Crippen molar-refractivity contribution in [3.05, 3.63) is 70.2 Å². The molecule has 1 amide bonds. The Balaban J connectivity index is 1.71. The zero-order valence-electron chi connectivity index (χ0n) is 13.5. The van der Waals surface area contributed by atoms with E-state index in [0.717, 1.165) is 23.4 Å². The van der Waals surface area contributed by atoms with E-state index in [1.54, 1.807) is 24.3 Å². The monoisotopic (exact) mass is 345 g/mol. The number of carbonyl (C=O) groups excluding carboxylic acids is 2. The molecule has 0 radical (unpaired) electrons. The maximum atomic E-state index is 11.9. The van der Waals surface area contributed by atoms with Crippen molar-refractivity contribution in [1.29, 1.82) is 0 Å². The maximum absolute atomic E-state index is 11.9. The second kappa shape index (κ2) is 9.08. The van der Waals surface area contributed by atoms with Crippen molar-refractivity contribution in [1.82, 2.24) is 5.32 Å². The fourth-order valence-corrected chi connectivity index (χ4v) is 2.40. The van der Waals surface area contributed by atoms with E-state index in [2.05, 4.69) is 10.1 Å². The molecule has 5 heteroatoms. The molecule has 0 aliphatic heterocycles. The molecule has 0 saturated heterocycles. The van der Waals surface area contributed by atoms with Gasteiger partial charge in [0.05, 0.1) is 12.7 Å². The first-order valence-corrected chi connectivity index (χ1v) is 8.14. The first-order chi connectivity index (χ1) is 11.6. The third-order valence-corrected chi connectivity index (χ3v) is 3.90. The van der Waals surface area contributed by atoms with Gasteiger partial charge in [0.1, 0.15) is 0 Å². The molecule has 0 unspecified atom stereocenters. The van der Waals surface area contributed by atoms with Gasteiger partial charge in [0.2, 0.25) is 5.91 Å². The molecular weight excluding hydrogens is 326 g/mol. The molecule has 2 aromatic carbocycles. The SMILES string of the molecule is COC(=O)c1ccc(CNC(=O)CCCc2ccc(Cl)cc2)cc1. The number of benzene rings is 2. The molecule has 0 saturated carbocycles. The van der Waals surface area contributed by atoms with E-state index >= 15 is 0 Å². The third-order valence-electron chi connectivity index (χ3n) is 3.65. The molecule has 0 heterocycles. The number of hydrogen-bond acceptors (Lipinski definition) is 3. The van der Waals surface area contributed by atoms with Gasteiger partial charge in [-0.15, -0.1) is 0 Å².